The van der Waals surface area contributed by atoms with E-state index in [2.05, 4.69) is 4.98 Å². The Morgan fingerprint density at radius 1 is 1.53 bits per heavy atom. The minimum atomic E-state index is -0.854. The Labute approximate surface area is 112 Å². The number of nitrogens with zero attached hydrogens (tertiary/aromatic N) is 2. The molecule has 5 nitrogen and oxygen atoms in total. The molecule has 0 spiro atoms. The molecule has 0 aliphatic heterocycles. The summed E-state index contributed by atoms with van der Waals surface area (Å²) in [5, 5.41) is 9.17. The SMILES string of the molecule is CCC(C(=O)O)C(N)c1ccc2c(c1)nc(C)n2C. The Balaban J connectivity index is 2.43. The highest BCUT2D eigenvalue weighted by atomic mass is 16.4. The quantitative estimate of drug-likeness (QED) is 0.882. The van der Waals surface area contributed by atoms with E-state index in [1.54, 1.807) is 0 Å². The zero-order valence-electron chi connectivity index (χ0n) is 11.4. The Kier molecular flexibility index (Phi) is 3.57. The number of hydrogen-bond donors (Lipinski definition) is 2. The maximum absolute atomic E-state index is 11.2. The highest BCUT2D eigenvalue weighted by Gasteiger charge is 2.25. The molecule has 0 saturated heterocycles. The number of aliphatic carboxylic acids is 1. The number of carboxylic acid groups (broad SMARTS) is 1. The van der Waals surface area contributed by atoms with Crippen LogP contribution in [-0.2, 0) is 11.8 Å². The Bertz CT molecular complexity index is 618. The van der Waals surface area contributed by atoms with E-state index >= 15 is 0 Å². The van der Waals surface area contributed by atoms with E-state index in [1.165, 1.54) is 0 Å². The lowest BCUT2D eigenvalue weighted by Gasteiger charge is -2.19. The van der Waals surface area contributed by atoms with Gasteiger partial charge in [0.1, 0.15) is 5.82 Å². The summed E-state index contributed by atoms with van der Waals surface area (Å²) in [5.41, 5.74) is 8.77. The van der Waals surface area contributed by atoms with Gasteiger partial charge in [-0.25, -0.2) is 4.98 Å². The third-order valence-corrected chi connectivity index (χ3v) is 3.70. The maximum atomic E-state index is 11.2. The van der Waals surface area contributed by atoms with Gasteiger partial charge in [-0.1, -0.05) is 13.0 Å². The van der Waals surface area contributed by atoms with Crippen LogP contribution in [0.15, 0.2) is 18.2 Å². The van der Waals surface area contributed by atoms with E-state index in [0.717, 1.165) is 22.4 Å². The predicted octanol–water partition coefficient (Wildman–Crippen LogP) is 1.99. The molecule has 0 saturated carbocycles. The van der Waals surface area contributed by atoms with Crippen molar-refractivity contribution in [2.75, 3.05) is 0 Å². The molecule has 2 atom stereocenters. The first-order valence-corrected chi connectivity index (χ1v) is 6.37. The first kappa shape index (κ1) is 13.5. The van der Waals surface area contributed by atoms with Crippen molar-refractivity contribution in [2.45, 2.75) is 26.3 Å². The van der Waals surface area contributed by atoms with E-state index in [0.29, 0.717) is 6.42 Å². The van der Waals surface area contributed by atoms with Crippen molar-refractivity contribution in [3.05, 3.63) is 29.6 Å². The van der Waals surface area contributed by atoms with E-state index in [4.69, 9.17) is 10.8 Å². The zero-order chi connectivity index (χ0) is 14.2. The second-order valence-corrected chi connectivity index (χ2v) is 4.84. The standard InChI is InChI=1S/C14H19N3O2/c1-4-10(14(18)19)13(15)9-5-6-12-11(7-9)16-8(2)17(12)3/h5-7,10,13H,4,15H2,1-3H3,(H,18,19). The summed E-state index contributed by atoms with van der Waals surface area (Å²) in [6.45, 7) is 3.77. The summed E-state index contributed by atoms with van der Waals surface area (Å²) in [5.74, 6) is -0.499. The number of fused-ring (bicyclic) bond motifs is 1. The van der Waals surface area contributed by atoms with Crippen LogP contribution in [0.25, 0.3) is 11.0 Å². The number of aromatic nitrogens is 2. The Morgan fingerprint density at radius 2 is 2.21 bits per heavy atom. The Morgan fingerprint density at radius 3 is 2.79 bits per heavy atom. The fourth-order valence-corrected chi connectivity index (χ4v) is 2.36. The first-order valence-electron chi connectivity index (χ1n) is 6.37. The molecule has 1 aromatic carbocycles. The first-order chi connectivity index (χ1) is 8.95. The summed E-state index contributed by atoms with van der Waals surface area (Å²) >= 11 is 0. The number of rotatable bonds is 4. The summed E-state index contributed by atoms with van der Waals surface area (Å²) in [6.07, 6.45) is 0.510. The minimum absolute atomic E-state index is 0.505. The molecule has 1 heterocycles. The fourth-order valence-electron chi connectivity index (χ4n) is 2.36. The van der Waals surface area contributed by atoms with Gasteiger partial charge in [-0.2, -0.15) is 0 Å². The largest absolute Gasteiger partial charge is 0.481 e. The smallest absolute Gasteiger partial charge is 0.308 e. The molecule has 0 amide bonds. The molecule has 2 unspecified atom stereocenters. The van der Waals surface area contributed by atoms with E-state index in [9.17, 15) is 4.79 Å². The highest BCUT2D eigenvalue weighted by Crippen LogP contribution is 2.25. The van der Waals surface area contributed by atoms with Crippen LogP contribution in [0.4, 0.5) is 0 Å². The van der Waals surface area contributed by atoms with Gasteiger partial charge in [0.2, 0.25) is 0 Å². The van der Waals surface area contributed by atoms with Crippen molar-refractivity contribution in [3.63, 3.8) is 0 Å². The third kappa shape index (κ3) is 2.33. The van der Waals surface area contributed by atoms with Gasteiger partial charge < -0.3 is 15.4 Å². The van der Waals surface area contributed by atoms with Gasteiger partial charge in [0, 0.05) is 13.1 Å². The molecule has 1 aromatic heterocycles. The van der Waals surface area contributed by atoms with E-state index < -0.39 is 17.9 Å². The monoisotopic (exact) mass is 261 g/mol. The topological polar surface area (TPSA) is 81.1 Å². The van der Waals surface area contributed by atoms with Crippen LogP contribution >= 0.6 is 0 Å². The van der Waals surface area contributed by atoms with Crippen LogP contribution < -0.4 is 5.73 Å². The van der Waals surface area contributed by atoms with Gasteiger partial charge in [0.05, 0.1) is 17.0 Å². The normalized spacial score (nSPS) is 14.5. The number of carbonyl (C=O) groups is 1. The van der Waals surface area contributed by atoms with Gasteiger partial charge in [-0.05, 0) is 31.0 Å². The highest BCUT2D eigenvalue weighted by molar-refractivity contribution is 5.77. The molecule has 0 radical (unpaired) electrons. The van der Waals surface area contributed by atoms with Gasteiger partial charge >= 0.3 is 5.97 Å². The summed E-state index contributed by atoms with van der Waals surface area (Å²) in [6, 6.07) is 5.21. The second kappa shape index (κ2) is 5.01. The van der Waals surface area contributed by atoms with Crippen molar-refractivity contribution >= 4 is 17.0 Å². The number of benzene rings is 1. The molecule has 5 heteroatoms. The van der Waals surface area contributed by atoms with Crippen LogP contribution in [0.3, 0.4) is 0 Å². The molecular weight excluding hydrogens is 242 g/mol. The summed E-state index contributed by atoms with van der Waals surface area (Å²) < 4.78 is 2.00. The van der Waals surface area contributed by atoms with Crippen LogP contribution in [-0.4, -0.2) is 20.6 Å². The molecule has 0 bridgehead atoms. The molecule has 2 rings (SSSR count). The van der Waals surface area contributed by atoms with Crippen molar-refractivity contribution in [3.8, 4) is 0 Å². The van der Waals surface area contributed by atoms with Crippen molar-refractivity contribution in [1.82, 2.24) is 9.55 Å². The number of nitrogens with two attached hydrogens (primary N) is 1. The lowest BCUT2D eigenvalue weighted by molar-refractivity contribution is -0.142. The molecule has 3 N–H and O–H groups in total. The number of carboxylic acids is 1. The van der Waals surface area contributed by atoms with Gasteiger partial charge in [0.25, 0.3) is 0 Å². The second-order valence-electron chi connectivity index (χ2n) is 4.84. The number of aryl methyl sites for hydroxylation is 2. The van der Waals surface area contributed by atoms with Crippen LogP contribution in [0.5, 0.6) is 0 Å². The van der Waals surface area contributed by atoms with Crippen molar-refractivity contribution in [2.24, 2.45) is 18.7 Å². The number of hydrogen-bond acceptors (Lipinski definition) is 3. The third-order valence-electron chi connectivity index (χ3n) is 3.70. The molecule has 19 heavy (non-hydrogen) atoms. The average Bonchev–Trinajstić information content (AvgIpc) is 2.65. The average molecular weight is 261 g/mol. The molecular formula is C14H19N3O2. The lowest BCUT2D eigenvalue weighted by Crippen LogP contribution is -2.27. The van der Waals surface area contributed by atoms with Crippen LogP contribution in [0.2, 0.25) is 0 Å². The molecule has 0 aliphatic carbocycles. The molecule has 102 valence electrons. The lowest BCUT2D eigenvalue weighted by atomic mass is 9.91. The molecule has 2 aromatic rings. The summed E-state index contributed by atoms with van der Waals surface area (Å²) in [7, 11) is 1.95. The Hall–Kier alpha value is -1.88. The van der Waals surface area contributed by atoms with Crippen molar-refractivity contribution in [1.29, 1.82) is 0 Å². The van der Waals surface area contributed by atoms with Gasteiger partial charge in [-0.3, -0.25) is 4.79 Å². The molecule has 0 fully saturated rings. The maximum Gasteiger partial charge on any atom is 0.308 e. The zero-order valence-corrected chi connectivity index (χ0v) is 11.4. The number of imidazole rings is 1. The van der Waals surface area contributed by atoms with Gasteiger partial charge in [0.15, 0.2) is 0 Å². The van der Waals surface area contributed by atoms with Crippen molar-refractivity contribution < 1.29 is 9.90 Å². The summed E-state index contributed by atoms with van der Waals surface area (Å²) in [4.78, 5) is 15.6. The van der Waals surface area contributed by atoms with Crippen LogP contribution in [0, 0.1) is 12.8 Å². The predicted molar refractivity (Wildman–Crippen MR) is 73.8 cm³/mol. The molecule has 0 aliphatic rings. The van der Waals surface area contributed by atoms with E-state index in [-0.39, 0.29) is 0 Å². The minimum Gasteiger partial charge on any atom is -0.481 e. The van der Waals surface area contributed by atoms with E-state index in [1.807, 2.05) is 43.7 Å². The fraction of sp³-hybridized carbons (Fsp3) is 0.429. The van der Waals surface area contributed by atoms with Gasteiger partial charge in [-0.15, -0.1) is 0 Å². The van der Waals surface area contributed by atoms with Crippen LogP contribution in [0.1, 0.15) is 30.8 Å².